The number of aliphatic hydroxyl groups is 1. The lowest BCUT2D eigenvalue weighted by atomic mass is 9.99. The zero-order valence-electron chi connectivity index (χ0n) is 24.5. The van der Waals surface area contributed by atoms with Crippen molar-refractivity contribution in [1.29, 1.82) is 0 Å². The molecule has 0 aliphatic carbocycles. The van der Waals surface area contributed by atoms with Gasteiger partial charge in [0, 0.05) is 29.8 Å². The highest BCUT2D eigenvalue weighted by Crippen LogP contribution is 2.39. The van der Waals surface area contributed by atoms with Gasteiger partial charge in [0.15, 0.2) is 6.29 Å². The van der Waals surface area contributed by atoms with E-state index in [-0.39, 0.29) is 36.7 Å². The molecule has 2 heterocycles. The van der Waals surface area contributed by atoms with Gasteiger partial charge in [-0.15, -0.1) is 0 Å². The molecule has 0 aromatic heterocycles. The largest absolute Gasteiger partial charge is 0.459 e. The molecule has 0 saturated carbocycles. The number of benzene rings is 3. The van der Waals surface area contributed by atoms with Crippen LogP contribution in [0.5, 0.6) is 0 Å². The minimum absolute atomic E-state index is 0.0251. The maximum Gasteiger partial charge on any atom is 0.323 e. The lowest BCUT2D eigenvalue weighted by Gasteiger charge is -2.38. The van der Waals surface area contributed by atoms with Crippen molar-refractivity contribution in [1.82, 2.24) is 4.90 Å². The van der Waals surface area contributed by atoms with Crippen molar-refractivity contribution < 1.29 is 28.9 Å². The molecule has 42 heavy (non-hydrogen) atoms. The van der Waals surface area contributed by atoms with Gasteiger partial charge in [-0.3, -0.25) is 14.5 Å². The molecule has 3 aromatic carbocycles. The molecule has 2 aliphatic heterocycles. The molecule has 2 fully saturated rings. The molecule has 2 aliphatic rings. The standard InChI is InChI=1S/C34H40N2O6/c1-34(2,3)42-32(39)29-13-8-18-36(29)21-28-20-30(24-16-14-23(22-37)15-17-24)41-33(40-28)26-11-7-12-27(19-26)35-31(38)25-9-5-4-6-10-25/h4-7,9-12,14-17,19,28-30,33,37H,8,13,18,20-22H2,1-3H3,(H,35,38)/t28-,29-,30+,33+/m0/s1. The van der Waals surface area contributed by atoms with Crippen molar-refractivity contribution in [3.63, 3.8) is 0 Å². The minimum atomic E-state index is -0.678. The molecule has 2 saturated heterocycles. The Hall–Kier alpha value is -3.56. The summed E-state index contributed by atoms with van der Waals surface area (Å²) in [4.78, 5) is 27.9. The number of ether oxygens (including phenoxy) is 3. The summed E-state index contributed by atoms with van der Waals surface area (Å²) in [6.07, 6.45) is 1.14. The summed E-state index contributed by atoms with van der Waals surface area (Å²) in [7, 11) is 0. The summed E-state index contributed by atoms with van der Waals surface area (Å²) in [6, 6.07) is 24.0. The SMILES string of the molecule is CC(C)(C)OC(=O)[C@@H]1CCCN1C[C@@H]1C[C@H](c2ccc(CO)cc2)O[C@H](c2cccc(NC(=O)c3ccccc3)c2)O1. The van der Waals surface area contributed by atoms with Crippen LogP contribution in [0.2, 0.25) is 0 Å². The number of rotatable bonds is 8. The Morgan fingerprint density at radius 2 is 1.74 bits per heavy atom. The Morgan fingerprint density at radius 1 is 0.976 bits per heavy atom. The first-order valence-electron chi connectivity index (χ1n) is 14.6. The van der Waals surface area contributed by atoms with E-state index in [4.69, 9.17) is 14.2 Å². The van der Waals surface area contributed by atoms with Crippen LogP contribution in [-0.4, -0.2) is 52.7 Å². The number of hydrogen-bond donors (Lipinski definition) is 2. The Bertz CT molecular complexity index is 1350. The molecule has 8 nitrogen and oxygen atoms in total. The van der Waals surface area contributed by atoms with Crippen LogP contribution in [0.3, 0.4) is 0 Å². The van der Waals surface area contributed by atoms with Crippen molar-refractivity contribution in [3.8, 4) is 0 Å². The zero-order valence-corrected chi connectivity index (χ0v) is 24.5. The maximum atomic E-state index is 13.0. The van der Waals surface area contributed by atoms with Crippen molar-refractivity contribution in [3.05, 3.63) is 101 Å². The van der Waals surface area contributed by atoms with Crippen molar-refractivity contribution in [2.45, 2.75) is 76.8 Å². The summed E-state index contributed by atoms with van der Waals surface area (Å²) in [6.45, 7) is 7.01. The molecule has 2 N–H and O–H groups in total. The number of carbonyl (C=O) groups is 2. The quantitative estimate of drug-likeness (QED) is 0.330. The Balaban J connectivity index is 1.36. The van der Waals surface area contributed by atoms with Gasteiger partial charge in [-0.2, -0.15) is 0 Å². The fraction of sp³-hybridized carbons (Fsp3) is 0.412. The highest BCUT2D eigenvalue weighted by Gasteiger charge is 2.39. The first-order valence-corrected chi connectivity index (χ1v) is 14.6. The van der Waals surface area contributed by atoms with E-state index in [2.05, 4.69) is 10.2 Å². The van der Waals surface area contributed by atoms with Gasteiger partial charge in [0.2, 0.25) is 0 Å². The van der Waals surface area contributed by atoms with Gasteiger partial charge >= 0.3 is 5.97 Å². The third-order valence-corrected chi connectivity index (χ3v) is 7.55. The number of anilines is 1. The van der Waals surface area contributed by atoms with E-state index >= 15 is 0 Å². The van der Waals surface area contributed by atoms with Crippen LogP contribution in [0.15, 0.2) is 78.9 Å². The molecule has 222 valence electrons. The summed E-state index contributed by atoms with van der Waals surface area (Å²) >= 11 is 0. The summed E-state index contributed by atoms with van der Waals surface area (Å²) < 4.78 is 18.8. The second-order valence-electron chi connectivity index (χ2n) is 12.0. The molecule has 3 aromatic rings. The number of nitrogens with one attached hydrogen (secondary N) is 1. The lowest BCUT2D eigenvalue weighted by molar-refractivity contribution is -0.253. The van der Waals surface area contributed by atoms with E-state index < -0.39 is 11.9 Å². The average molecular weight is 573 g/mol. The topological polar surface area (TPSA) is 97.3 Å². The average Bonchev–Trinajstić information content (AvgIpc) is 3.45. The normalized spacial score (nSPS) is 23.0. The number of likely N-dealkylation sites (tertiary alicyclic amines) is 1. The van der Waals surface area contributed by atoms with Gasteiger partial charge in [-0.1, -0.05) is 54.6 Å². The van der Waals surface area contributed by atoms with E-state index in [1.165, 1.54) is 0 Å². The summed E-state index contributed by atoms with van der Waals surface area (Å²) in [5.74, 6) is -0.387. The highest BCUT2D eigenvalue weighted by molar-refractivity contribution is 6.04. The fourth-order valence-electron chi connectivity index (χ4n) is 5.53. The van der Waals surface area contributed by atoms with E-state index in [9.17, 15) is 14.7 Å². The van der Waals surface area contributed by atoms with E-state index in [1.54, 1.807) is 12.1 Å². The van der Waals surface area contributed by atoms with Crippen LogP contribution < -0.4 is 5.32 Å². The van der Waals surface area contributed by atoms with E-state index in [0.29, 0.717) is 24.2 Å². The van der Waals surface area contributed by atoms with Gasteiger partial charge in [-0.25, -0.2) is 0 Å². The van der Waals surface area contributed by atoms with Gasteiger partial charge in [0.25, 0.3) is 5.91 Å². The second kappa shape index (κ2) is 13.2. The number of hydrogen-bond acceptors (Lipinski definition) is 7. The number of esters is 1. The number of nitrogens with zero attached hydrogens (tertiary/aromatic N) is 1. The molecule has 8 heteroatoms. The van der Waals surface area contributed by atoms with Crippen LogP contribution >= 0.6 is 0 Å². The fourth-order valence-corrected chi connectivity index (χ4v) is 5.53. The smallest absolute Gasteiger partial charge is 0.323 e. The first kappa shape index (κ1) is 29.9. The number of aliphatic hydroxyl groups excluding tert-OH is 1. The molecule has 1 amide bonds. The Kier molecular flexibility index (Phi) is 9.38. The summed E-state index contributed by atoms with van der Waals surface area (Å²) in [5, 5.41) is 12.5. The molecule has 0 radical (unpaired) electrons. The van der Waals surface area contributed by atoms with E-state index in [1.807, 2.05) is 87.5 Å². The number of carbonyl (C=O) groups excluding carboxylic acids is 2. The predicted molar refractivity (Wildman–Crippen MR) is 160 cm³/mol. The molecular formula is C34H40N2O6. The van der Waals surface area contributed by atoms with Crippen molar-refractivity contribution in [2.24, 2.45) is 0 Å². The van der Waals surface area contributed by atoms with E-state index in [0.717, 1.165) is 36.1 Å². The Labute approximate surface area is 247 Å². The predicted octanol–water partition coefficient (Wildman–Crippen LogP) is 5.78. The molecular weight excluding hydrogens is 532 g/mol. The van der Waals surface area contributed by atoms with Crippen LogP contribution in [-0.2, 0) is 25.6 Å². The second-order valence-corrected chi connectivity index (χ2v) is 12.0. The van der Waals surface area contributed by atoms with Gasteiger partial charge in [0.05, 0.1) is 18.8 Å². The van der Waals surface area contributed by atoms with Gasteiger partial charge in [-0.05, 0) is 75.5 Å². The van der Waals surface area contributed by atoms with Crippen molar-refractivity contribution in [2.75, 3.05) is 18.4 Å². The maximum absolute atomic E-state index is 13.0. The van der Waals surface area contributed by atoms with Crippen LogP contribution in [0, 0.1) is 0 Å². The van der Waals surface area contributed by atoms with Crippen molar-refractivity contribution >= 4 is 17.6 Å². The third kappa shape index (κ3) is 7.63. The zero-order chi connectivity index (χ0) is 29.7. The van der Waals surface area contributed by atoms with Gasteiger partial charge < -0.3 is 24.6 Å². The Morgan fingerprint density at radius 3 is 2.45 bits per heavy atom. The molecule has 0 unspecified atom stereocenters. The van der Waals surface area contributed by atoms with Crippen LogP contribution in [0.25, 0.3) is 0 Å². The van der Waals surface area contributed by atoms with Crippen LogP contribution in [0.4, 0.5) is 5.69 Å². The summed E-state index contributed by atoms with van der Waals surface area (Å²) in [5.41, 5.74) is 3.28. The monoisotopic (exact) mass is 572 g/mol. The molecule has 0 spiro atoms. The lowest BCUT2D eigenvalue weighted by Crippen LogP contribution is -2.45. The number of amides is 1. The van der Waals surface area contributed by atoms with Gasteiger partial charge in [0.1, 0.15) is 11.6 Å². The minimum Gasteiger partial charge on any atom is -0.459 e. The first-order chi connectivity index (χ1) is 20.2. The molecule has 0 bridgehead atoms. The third-order valence-electron chi connectivity index (χ3n) is 7.55. The molecule has 5 rings (SSSR count). The van der Waals surface area contributed by atoms with Crippen LogP contribution in [0.1, 0.15) is 79.5 Å². The highest BCUT2D eigenvalue weighted by atomic mass is 16.7. The molecule has 4 atom stereocenters.